The largest absolute Gasteiger partial charge is 0.490 e. The first-order chi connectivity index (χ1) is 16.0. The zero-order valence-corrected chi connectivity index (χ0v) is 19.8. The molecule has 6 nitrogen and oxygen atoms in total. The Labute approximate surface area is 203 Å². The fourth-order valence-corrected chi connectivity index (χ4v) is 3.37. The van der Waals surface area contributed by atoms with Gasteiger partial charge in [0.1, 0.15) is 12.4 Å². The minimum absolute atomic E-state index is 0.299. The average molecular weight is 487 g/mol. The topological polar surface area (TPSA) is 69.2 Å². The summed E-state index contributed by atoms with van der Waals surface area (Å²) < 4.78 is 16.9. The first-order valence-electron chi connectivity index (χ1n) is 10.4. The molecule has 0 fully saturated rings. The molecule has 0 radical (unpaired) electrons. The van der Waals surface area contributed by atoms with Crippen LogP contribution in [0.15, 0.2) is 65.8 Å². The maximum Gasteiger partial charge on any atom is 0.271 e. The van der Waals surface area contributed by atoms with Crippen molar-refractivity contribution in [2.45, 2.75) is 20.5 Å². The van der Waals surface area contributed by atoms with Gasteiger partial charge in [0, 0.05) is 21.2 Å². The number of benzene rings is 3. The summed E-state index contributed by atoms with van der Waals surface area (Å²) in [6.45, 7) is 5.02. The van der Waals surface area contributed by atoms with Crippen LogP contribution < -0.4 is 19.6 Å². The highest BCUT2D eigenvalue weighted by Crippen LogP contribution is 2.28. The summed E-state index contributed by atoms with van der Waals surface area (Å²) in [5, 5.41) is 5.17. The number of amides is 1. The highest BCUT2D eigenvalue weighted by molar-refractivity contribution is 6.35. The van der Waals surface area contributed by atoms with E-state index in [2.05, 4.69) is 10.5 Å². The van der Waals surface area contributed by atoms with E-state index in [0.29, 0.717) is 52.7 Å². The predicted molar refractivity (Wildman–Crippen MR) is 131 cm³/mol. The minimum Gasteiger partial charge on any atom is -0.490 e. The molecule has 0 saturated heterocycles. The third kappa shape index (κ3) is 7.14. The molecule has 3 rings (SSSR count). The van der Waals surface area contributed by atoms with Crippen LogP contribution in [-0.4, -0.2) is 25.3 Å². The molecule has 3 aromatic carbocycles. The van der Waals surface area contributed by atoms with Crippen molar-refractivity contribution in [3.8, 4) is 17.2 Å². The first kappa shape index (κ1) is 24.4. The van der Waals surface area contributed by atoms with Gasteiger partial charge in [0.25, 0.3) is 5.91 Å². The molecule has 33 heavy (non-hydrogen) atoms. The summed E-state index contributed by atoms with van der Waals surface area (Å²) >= 11 is 12.1. The highest BCUT2D eigenvalue weighted by Gasteiger charge is 2.11. The van der Waals surface area contributed by atoms with Crippen LogP contribution in [0.3, 0.4) is 0 Å². The van der Waals surface area contributed by atoms with Crippen LogP contribution in [0.2, 0.25) is 10.0 Å². The molecule has 0 aliphatic carbocycles. The van der Waals surface area contributed by atoms with Crippen molar-refractivity contribution >= 4 is 35.3 Å². The van der Waals surface area contributed by atoms with Crippen molar-refractivity contribution in [1.29, 1.82) is 0 Å². The summed E-state index contributed by atoms with van der Waals surface area (Å²) in [7, 11) is 0. The summed E-state index contributed by atoms with van der Waals surface area (Å²) in [6, 6.07) is 17.6. The van der Waals surface area contributed by atoms with Gasteiger partial charge in [0.15, 0.2) is 11.5 Å². The third-order valence-corrected chi connectivity index (χ3v) is 5.04. The van der Waals surface area contributed by atoms with Crippen molar-refractivity contribution in [2.24, 2.45) is 5.10 Å². The Morgan fingerprint density at radius 1 is 0.939 bits per heavy atom. The Morgan fingerprint density at radius 2 is 1.73 bits per heavy atom. The molecule has 0 aromatic heterocycles. The lowest BCUT2D eigenvalue weighted by molar-refractivity contribution is 0.0954. The fourth-order valence-electron chi connectivity index (χ4n) is 2.91. The lowest BCUT2D eigenvalue weighted by Crippen LogP contribution is -2.17. The second-order valence-electron chi connectivity index (χ2n) is 6.82. The lowest BCUT2D eigenvalue weighted by Gasteiger charge is -2.11. The molecule has 1 amide bonds. The number of hydrogen-bond acceptors (Lipinski definition) is 5. The maximum absolute atomic E-state index is 12.5. The molecule has 0 aliphatic heterocycles. The number of halogens is 2. The van der Waals surface area contributed by atoms with Crippen molar-refractivity contribution in [2.75, 3.05) is 13.2 Å². The number of nitrogens with zero attached hydrogens (tertiary/aromatic N) is 1. The summed E-state index contributed by atoms with van der Waals surface area (Å²) in [6.07, 6.45) is 1.54. The fraction of sp³-hybridized carbons (Fsp3) is 0.200. The number of hydrazone groups is 1. The van der Waals surface area contributed by atoms with E-state index in [1.165, 1.54) is 6.21 Å². The smallest absolute Gasteiger partial charge is 0.271 e. The zero-order chi connectivity index (χ0) is 23.6. The van der Waals surface area contributed by atoms with Crippen molar-refractivity contribution in [3.63, 3.8) is 0 Å². The van der Waals surface area contributed by atoms with E-state index in [9.17, 15) is 4.79 Å². The molecular formula is C25H24Cl2N2O4. The van der Waals surface area contributed by atoms with Gasteiger partial charge in [-0.05, 0) is 61.9 Å². The predicted octanol–water partition coefficient (Wildman–Crippen LogP) is 6.13. The van der Waals surface area contributed by atoms with Crippen LogP contribution >= 0.6 is 23.2 Å². The molecule has 0 heterocycles. The number of carbonyl (C=O) groups excluding carboxylic acids is 1. The van der Waals surface area contributed by atoms with Crippen molar-refractivity contribution in [3.05, 3.63) is 87.4 Å². The molecule has 0 saturated carbocycles. The van der Waals surface area contributed by atoms with Gasteiger partial charge in [0.05, 0.1) is 19.4 Å². The van der Waals surface area contributed by atoms with Crippen LogP contribution in [0, 0.1) is 0 Å². The maximum atomic E-state index is 12.5. The van der Waals surface area contributed by atoms with E-state index in [-0.39, 0.29) is 5.91 Å². The van der Waals surface area contributed by atoms with E-state index in [1.807, 2.05) is 44.2 Å². The van der Waals surface area contributed by atoms with Gasteiger partial charge in [-0.2, -0.15) is 5.10 Å². The van der Waals surface area contributed by atoms with Crippen LogP contribution in [-0.2, 0) is 6.61 Å². The second kappa shape index (κ2) is 12.1. The molecule has 3 aromatic rings. The summed E-state index contributed by atoms with van der Waals surface area (Å²) in [5.74, 6) is 1.39. The van der Waals surface area contributed by atoms with Gasteiger partial charge < -0.3 is 14.2 Å². The van der Waals surface area contributed by atoms with E-state index in [0.717, 1.165) is 11.1 Å². The molecule has 0 aliphatic rings. The van der Waals surface area contributed by atoms with E-state index in [4.69, 9.17) is 37.4 Å². The summed E-state index contributed by atoms with van der Waals surface area (Å²) in [4.78, 5) is 12.5. The van der Waals surface area contributed by atoms with E-state index >= 15 is 0 Å². The molecule has 0 atom stereocenters. The quantitative estimate of drug-likeness (QED) is 0.276. The SMILES string of the molecule is CCOc1ccc(C(=O)N/N=C/c2cccc(OCc3ccc(Cl)cc3Cl)c2)cc1OCC. The standard InChI is InChI=1S/C25H24Cl2N2O4/c1-3-31-23-11-9-18(13-24(23)32-4-2)25(30)29-28-15-17-6-5-7-21(12-17)33-16-19-8-10-20(26)14-22(19)27/h5-15H,3-4,16H2,1-2H3,(H,29,30)/b28-15+. The summed E-state index contributed by atoms with van der Waals surface area (Å²) in [5.41, 5.74) is 4.52. The van der Waals surface area contributed by atoms with Crippen molar-refractivity contribution in [1.82, 2.24) is 5.43 Å². The van der Waals surface area contributed by atoms with Crippen LogP contribution in [0.5, 0.6) is 17.2 Å². The van der Waals surface area contributed by atoms with Crippen LogP contribution in [0.25, 0.3) is 0 Å². The van der Waals surface area contributed by atoms with Gasteiger partial charge in [-0.15, -0.1) is 0 Å². The zero-order valence-electron chi connectivity index (χ0n) is 18.3. The Balaban J connectivity index is 1.61. The molecule has 0 unspecified atom stereocenters. The van der Waals surface area contributed by atoms with Gasteiger partial charge in [0.2, 0.25) is 0 Å². The molecule has 8 heteroatoms. The van der Waals surface area contributed by atoms with Gasteiger partial charge in [-0.25, -0.2) is 5.43 Å². The molecule has 0 spiro atoms. The monoisotopic (exact) mass is 486 g/mol. The number of rotatable bonds is 10. The van der Waals surface area contributed by atoms with Crippen molar-refractivity contribution < 1.29 is 19.0 Å². The average Bonchev–Trinajstić information content (AvgIpc) is 2.80. The molecular weight excluding hydrogens is 463 g/mol. The van der Waals surface area contributed by atoms with Crippen LogP contribution in [0.1, 0.15) is 35.3 Å². The van der Waals surface area contributed by atoms with E-state index in [1.54, 1.807) is 30.3 Å². The van der Waals surface area contributed by atoms with E-state index < -0.39 is 0 Å². The number of nitrogens with one attached hydrogen (secondary N) is 1. The molecule has 0 bridgehead atoms. The molecule has 1 N–H and O–H groups in total. The lowest BCUT2D eigenvalue weighted by atomic mass is 10.2. The Hall–Kier alpha value is -3.22. The number of ether oxygens (including phenoxy) is 3. The normalized spacial score (nSPS) is 10.8. The van der Waals surface area contributed by atoms with Crippen LogP contribution in [0.4, 0.5) is 0 Å². The first-order valence-corrected chi connectivity index (χ1v) is 11.2. The Morgan fingerprint density at radius 3 is 2.48 bits per heavy atom. The number of hydrogen-bond donors (Lipinski definition) is 1. The highest BCUT2D eigenvalue weighted by atomic mass is 35.5. The Bertz CT molecular complexity index is 1140. The van der Waals surface area contributed by atoms with Gasteiger partial charge >= 0.3 is 0 Å². The number of carbonyl (C=O) groups is 1. The van der Waals surface area contributed by atoms with Gasteiger partial charge in [-0.1, -0.05) is 41.4 Å². The third-order valence-electron chi connectivity index (χ3n) is 4.45. The van der Waals surface area contributed by atoms with Gasteiger partial charge in [-0.3, -0.25) is 4.79 Å². The molecule has 172 valence electrons. The Kier molecular flexibility index (Phi) is 8.98. The minimum atomic E-state index is -0.361. The second-order valence-corrected chi connectivity index (χ2v) is 7.67.